The lowest BCUT2D eigenvalue weighted by Gasteiger charge is -2.00. The van der Waals surface area contributed by atoms with Crippen LogP contribution in [-0.4, -0.2) is 5.78 Å². The lowest BCUT2D eigenvalue weighted by Crippen LogP contribution is -1.83. The molecule has 5 heteroatoms. The van der Waals surface area contributed by atoms with Gasteiger partial charge in [0.2, 0.25) is 0 Å². The van der Waals surface area contributed by atoms with E-state index in [1.54, 1.807) is 40.9 Å². The van der Waals surface area contributed by atoms with E-state index in [9.17, 15) is 4.79 Å². The number of carbonyl (C=O) groups is 1. The van der Waals surface area contributed by atoms with Crippen molar-refractivity contribution in [1.29, 1.82) is 0 Å². The molecule has 0 radical (unpaired) electrons. The Labute approximate surface area is 131 Å². The fourth-order valence-electron chi connectivity index (χ4n) is 1.81. The summed E-state index contributed by atoms with van der Waals surface area (Å²) in [7, 11) is 0. The van der Waals surface area contributed by atoms with Gasteiger partial charge in [-0.1, -0.05) is 0 Å². The van der Waals surface area contributed by atoms with Gasteiger partial charge in [-0.05, 0) is 57.9 Å². The van der Waals surface area contributed by atoms with Crippen LogP contribution < -0.4 is 0 Å². The van der Waals surface area contributed by atoms with Crippen molar-refractivity contribution in [3.05, 3.63) is 44.4 Å². The lowest BCUT2D eigenvalue weighted by atomic mass is 10.2. The molecule has 1 nitrogen and oxygen atoms in total. The fraction of sp³-hybridized carbons (Fsp3) is 0.0714. The molecule has 3 aromatic heterocycles. The molecule has 0 N–H and O–H groups in total. The summed E-state index contributed by atoms with van der Waals surface area (Å²) < 4.78 is 1.13. The quantitative estimate of drug-likeness (QED) is 0.505. The van der Waals surface area contributed by atoms with E-state index in [0.717, 1.165) is 14.2 Å². The first-order valence-electron chi connectivity index (χ1n) is 5.59. The molecule has 0 saturated heterocycles. The van der Waals surface area contributed by atoms with Gasteiger partial charge in [-0.15, -0.1) is 34.0 Å². The summed E-state index contributed by atoms with van der Waals surface area (Å²) in [6.45, 7) is 1.61. The van der Waals surface area contributed by atoms with Crippen LogP contribution in [-0.2, 0) is 0 Å². The van der Waals surface area contributed by atoms with Gasteiger partial charge in [0.15, 0.2) is 5.78 Å². The standard InChI is InChI=1S/C14H9BrOS3/c1-8(16)11-2-3-12(19-11)9-4-6-17-13(9)14-10(15)5-7-18-14/h2-7H,1H3. The molecule has 96 valence electrons. The van der Waals surface area contributed by atoms with Crippen molar-refractivity contribution in [1.82, 2.24) is 0 Å². The maximum absolute atomic E-state index is 11.4. The Hall–Kier alpha value is -0.750. The molecule has 0 bridgehead atoms. The van der Waals surface area contributed by atoms with E-state index >= 15 is 0 Å². The van der Waals surface area contributed by atoms with Gasteiger partial charge in [0.1, 0.15) is 0 Å². The Balaban J connectivity index is 2.09. The van der Waals surface area contributed by atoms with Crippen LogP contribution in [0.4, 0.5) is 0 Å². The molecule has 0 aliphatic heterocycles. The molecule has 3 heterocycles. The van der Waals surface area contributed by atoms with Crippen LogP contribution in [0.25, 0.3) is 20.2 Å². The van der Waals surface area contributed by atoms with Crippen LogP contribution >= 0.6 is 49.9 Å². The van der Waals surface area contributed by atoms with Crippen molar-refractivity contribution in [2.45, 2.75) is 6.92 Å². The third-order valence-electron chi connectivity index (χ3n) is 2.71. The summed E-state index contributed by atoms with van der Waals surface area (Å²) in [6, 6.07) is 8.14. The molecular weight excluding hydrogens is 360 g/mol. The number of rotatable bonds is 3. The number of hydrogen-bond acceptors (Lipinski definition) is 4. The number of hydrogen-bond donors (Lipinski definition) is 0. The summed E-state index contributed by atoms with van der Waals surface area (Å²) in [5.41, 5.74) is 1.21. The molecule has 0 amide bonds. The van der Waals surface area contributed by atoms with Crippen molar-refractivity contribution in [3.8, 4) is 20.2 Å². The number of Topliss-reactive ketones (excluding diaryl/α,β-unsaturated/α-hetero) is 1. The average Bonchev–Trinajstić information content (AvgIpc) is 3.06. The molecule has 0 aromatic carbocycles. The summed E-state index contributed by atoms with van der Waals surface area (Å²) in [5.74, 6) is 0.130. The summed E-state index contributed by atoms with van der Waals surface area (Å²) >= 11 is 8.62. The predicted octanol–water partition coefficient (Wildman–Crippen LogP) is 6.17. The normalized spacial score (nSPS) is 10.8. The maximum atomic E-state index is 11.4. The summed E-state index contributed by atoms with van der Waals surface area (Å²) in [5, 5.41) is 4.18. The van der Waals surface area contributed by atoms with Crippen LogP contribution in [0.5, 0.6) is 0 Å². The second-order valence-electron chi connectivity index (χ2n) is 3.98. The Morgan fingerprint density at radius 2 is 1.79 bits per heavy atom. The Bertz CT molecular complexity index is 735. The van der Waals surface area contributed by atoms with Crippen molar-refractivity contribution in [2.24, 2.45) is 0 Å². The average molecular weight is 369 g/mol. The first-order chi connectivity index (χ1) is 9.16. The molecule has 0 unspecified atom stereocenters. The third-order valence-corrected chi connectivity index (χ3v) is 6.84. The van der Waals surface area contributed by atoms with Gasteiger partial charge in [0, 0.05) is 14.9 Å². The van der Waals surface area contributed by atoms with Crippen LogP contribution in [0.1, 0.15) is 16.6 Å². The molecule has 3 rings (SSSR count). The highest BCUT2D eigenvalue weighted by Crippen LogP contribution is 2.44. The summed E-state index contributed by atoms with van der Waals surface area (Å²) in [4.78, 5) is 15.9. The number of halogens is 1. The summed E-state index contributed by atoms with van der Waals surface area (Å²) in [6.07, 6.45) is 0. The molecule has 0 aliphatic rings. The van der Waals surface area contributed by atoms with Crippen molar-refractivity contribution >= 4 is 55.7 Å². The topological polar surface area (TPSA) is 17.1 Å². The Morgan fingerprint density at radius 3 is 2.42 bits per heavy atom. The smallest absolute Gasteiger partial charge is 0.169 e. The van der Waals surface area contributed by atoms with E-state index in [1.807, 2.05) is 12.1 Å². The zero-order valence-corrected chi connectivity index (χ0v) is 14.0. The van der Waals surface area contributed by atoms with Crippen molar-refractivity contribution in [3.63, 3.8) is 0 Å². The van der Waals surface area contributed by atoms with E-state index in [1.165, 1.54) is 15.3 Å². The Morgan fingerprint density at radius 1 is 1.05 bits per heavy atom. The van der Waals surface area contributed by atoms with Gasteiger partial charge in [-0.3, -0.25) is 4.79 Å². The van der Waals surface area contributed by atoms with E-state index in [4.69, 9.17) is 0 Å². The number of carbonyl (C=O) groups excluding carboxylic acids is 1. The van der Waals surface area contributed by atoms with Gasteiger partial charge in [-0.2, -0.15) is 0 Å². The highest BCUT2D eigenvalue weighted by atomic mass is 79.9. The zero-order valence-electron chi connectivity index (χ0n) is 9.98. The molecule has 3 aromatic rings. The first-order valence-corrected chi connectivity index (χ1v) is 8.95. The molecule has 0 aliphatic carbocycles. The van der Waals surface area contributed by atoms with Gasteiger partial charge >= 0.3 is 0 Å². The zero-order chi connectivity index (χ0) is 13.4. The van der Waals surface area contributed by atoms with E-state index < -0.39 is 0 Å². The molecule has 0 saturated carbocycles. The minimum atomic E-state index is 0.130. The van der Waals surface area contributed by atoms with Gasteiger partial charge < -0.3 is 0 Å². The number of thiophene rings is 3. The largest absolute Gasteiger partial charge is 0.294 e. The third kappa shape index (κ3) is 2.48. The van der Waals surface area contributed by atoms with Gasteiger partial charge in [0.25, 0.3) is 0 Å². The lowest BCUT2D eigenvalue weighted by molar-refractivity contribution is 0.102. The van der Waals surface area contributed by atoms with Crippen LogP contribution in [0, 0.1) is 0 Å². The van der Waals surface area contributed by atoms with Gasteiger partial charge in [0.05, 0.1) is 14.6 Å². The minimum absolute atomic E-state index is 0.130. The molecule has 19 heavy (non-hydrogen) atoms. The SMILES string of the molecule is CC(=O)c1ccc(-c2ccsc2-c2sccc2Br)s1. The van der Waals surface area contributed by atoms with Gasteiger partial charge in [-0.25, -0.2) is 0 Å². The van der Waals surface area contributed by atoms with Crippen molar-refractivity contribution < 1.29 is 4.79 Å². The minimum Gasteiger partial charge on any atom is -0.294 e. The predicted molar refractivity (Wildman–Crippen MR) is 88.6 cm³/mol. The second-order valence-corrected chi connectivity index (χ2v) is 7.75. The number of ketones is 1. The maximum Gasteiger partial charge on any atom is 0.169 e. The molecular formula is C14H9BrOS3. The van der Waals surface area contributed by atoms with Crippen molar-refractivity contribution in [2.75, 3.05) is 0 Å². The van der Waals surface area contributed by atoms with Crippen LogP contribution in [0.2, 0.25) is 0 Å². The first kappa shape index (κ1) is 13.2. The van der Waals surface area contributed by atoms with E-state index in [2.05, 4.69) is 38.8 Å². The highest BCUT2D eigenvalue weighted by molar-refractivity contribution is 9.10. The molecule has 0 spiro atoms. The Kier molecular flexibility index (Phi) is 3.71. The monoisotopic (exact) mass is 368 g/mol. The molecule has 0 fully saturated rings. The second kappa shape index (κ2) is 5.32. The van der Waals surface area contributed by atoms with E-state index in [0.29, 0.717) is 0 Å². The van der Waals surface area contributed by atoms with Crippen LogP contribution in [0.15, 0.2) is 39.5 Å². The highest BCUT2D eigenvalue weighted by Gasteiger charge is 2.15. The van der Waals surface area contributed by atoms with E-state index in [-0.39, 0.29) is 5.78 Å². The van der Waals surface area contributed by atoms with Crippen LogP contribution in [0.3, 0.4) is 0 Å². The molecule has 0 atom stereocenters. The fourth-order valence-corrected chi connectivity index (χ4v) is 5.61.